The lowest BCUT2D eigenvalue weighted by atomic mass is 9.85. The Hall–Kier alpha value is -4.20. The molecule has 1 saturated carbocycles. The van der Waals surface area contributed by atoms with Crippen molar-refractivity contribution in [3.63, 3.8) is 0 Å². The maximum atomic E-state index is 14.1. The Labute approximate surface area is 279 Å². The highest BCUT2D eigenvalue weighted by molar-refractivity contribution is 6.02. The van der Waals surface area contributed by atoms with Crippen molar-refractivity contribution in [1.82, 2.24) is 19.9 Å². The van der Waals surface area contributed by atoms with Gasteiger partial charge in [-0.3, -0.25) is 9.59 Å². The molecule has 1 fully saturated rings. The number of para-hydroxylation sites is 1. The number of hydrogen-bond donors (Lipinski definition) is 2. The second-order valence-corrected chi connectivity index (χ2v) is 14.8. The van der Waals surface area contributed by atoms with E-state index in [9.17, 15) is 9.59 Å². The van der Waals surface area contributed by atoms with Gasteiger partial charge < -0.3 is 20.1 Å². The quantitative estimate of drug-likeness (QED) is 0.191. The fraction of sp³-hybridized carbons (Fsp3) is 0.487. The number of rotatable bonds is 9. The molecule has 0 bridgehead atoms. The predicted molar refractivity (Wildman–Crippen MR) is 191 cm³/mol. The van der Waals surface area contributed by atoms with Crippen LogP contribution in [0.4, 0.5) is 11.8 Å². The highest BCUT2D eigenvalue weighted by Gasteiger charge is 2.31. The molecule has 8 heteroatoms. The van der Waals surface area contributed by atoms with Crippen LogP contribution in [-0.2, 0) is 30.1 Å². The predicted octanol–water partition coefficient (Wildman–Crippen LogP) is 7.11. The minimum Gasteiger partial charge on any atom is -0.362 e. The molecule has 0 saturated heterocycles. The van der Waals surface area contributed by atoms with Crippen LogP contribution in [-0.4, -0.2) is 52.4 Å². The van der Waals surface area contributed by atoms with Gasteiger partial charge in [0, 0.05) is 67.9 Å². The number of Topliss-reactive ketones (excluding diaryl/α,β-unsaturated/α-hetero) is 1. The van der Waals surface area contributed by atoms with Crippen molar-refractivity contribution in [2.75, 3.05) is 24.3 Å². The van der Waals surface area contributed by atoms with Gasteiger partial charge in [0.05, 0.1) is 11.6 Å². The van der Waals surface area contributed by atoms with Gasteiger partial charge in [-0.2, -0.15) is 4.98 Å². The summed E-state index contributed by atoms with van der Waals surface area (Å²) in [6.07, 6.45) is 10.1. The van der Waals surface area contributed by atoms with Crippen LogP contribution in [0.2, 0.25) is 0 Å². The summed E-state index contributed by atoms with van der Waals surface area (Å²) in [4.78, 5) is 39.7. The van der Waals surface area contributed by atoms with E-state index in [0.717, 1.165) is 60.8 Å². The average molecular weight is 635 g/mol. The maximum Gasteiger partial charge on any atom is 0.228 e. The number of hydrogen-bond acceptors (Lipinski definition) is 6. The molecule has 2 aliphatic carbocycles. The molecular formula is C39H50N6O2. The van der Waals surface area contributed by atoms with Gasteiger partial charge in [0.15, 0.2) is 5.78 Å². The summed E-state index contributed by atoms with van der Waals surface area (Å²) in [5.41, 5.74) is 6.25. The standard InChI is InChI=1S/C39H50N6O2/c1-39(2,3)26-17-15-25(16-18-26)35(46)23-31(32-24-45(6)34-14-10-8-11-29(32)34)37(47)40-27-19-21-28(22-20-27)41-38-42-33-13-9-7-12-30(33)36(43-38)44(4)5/h8,10-11,14-18,24,27-28,31H,7,9,12-13,19-23H2,1-6H3,(H,40,47)(H,41,42,43)/t27-,28+,31?. The third-order valence-corrected chi connectivity index (χ3v) is 10.1. The van der Waals surface area contributed by atoms with Crippen molar-refractivity contribution < 1.29 is 9.59 Å². The van der Waals surface area contributed by atoms with E-state index in [-0.39, 0.29) is 35.6 Å². The number of aryl methyl sites for hydroxylation is 2. The van der Waals surface area contributed by atoms with E-state index >= 15 is 0 Å². The molecule has 2 heterocycles. The summed E-state index contributed by atoms with van der Waals surface area (Å²) >= 11 is 0. The second-order valence-electron chi connectivity index (χ2n) is 14.8. The number of fused-ring (bicyclic) bond motifs is 2. The molecule has 0 aliphatic heterocycles. The van der Waals surface area contributed by atoms with Crippen molar-refractivity contribution in [2.45, 2.75) is 102 Å². The lowest BCUT2D eigenvalue weighted by Crippen LogP contribution is -2.42. The molecule has 2 aliphatic rings. The summed E-state index contributed by atoms with van der Waals surface area (Å²) in [5, 5.41) is 8.00. The largest absolute Gasteiger partial charge is 0.362 e. The van der Waals surface area contributed by atoms with Crippen molar-refractivity contribution in [1.29, 1.82) is 0 Å². The zero-order valence-electron chi connectivity index (χ0n) is 28.9. The van der Waals surface area contributed by atoms with Gasteiger partial charge in [0.1, 0.15) is 5.82 Å². The summed E-state index contributed by atoms with van der Waals surface area (Å²) in [6, 6.07) is 16.3. The van der Waals surface area contributed by atoms with Crippen molar-refractivity contribution in [2.24, 2.45) is 7.05 Å². The molecule has 4 aromatic rings. The Morgan fingerprint density at radius 2 is 1.62 bits per heavy atom. The lowest BCUT2D eigenvalue weighted by Gasteiger charge is -2.31. The van der Waals surface area contributed by atoms with Gasteiger partial charge in [-0.1, -0.05) is 63.2 Å². The zero-order valence-corrected chi connectivity index (χ0v) is 28.9. The van der Waals surface area contributed by atoms with E-state index in [1.165, 1.54) is 29.7 Å². The summed E-state index contributed by atoms with van der Waals surface area (Å²) in [7, 11) is 6.10. The number of anilines is 2. The second kappa shape index (κ2) is 13.5. The third-order valence-electron chi connectivity index (χ3n) is 10.1. The molecule has 0 radical (unpaired) electrons. The fourth-order valence-corrected chi connectivity index (χ4v) is 7.33. The number of aromatic nitrogens is 3. The summed E-state index contributed by atoms with van der Waals surface area (Å²) < 4.78 is 2.05. The number of carbonyl (C=O) groups is 2. The molecule has 47 heavy (non-hydrogen) atoms. The van der Waals surface area contributed by atoms with Crippen LogP contribution in [0.25, 0.3) is 10.9 Å². The van der Waals surface area contributed by atoms with Gasteiger partial charge in [-0.05, 0) is 74.0 Å². The molecule has 8 nitrogen and oxygen atoms in total. The van der Waals surface area contributed by atoms with E-state index < -0.39 is 5.92 Å². The Balaban J connectivity index is 1.15. The molecule has 2 N–H and O–H groups in total. The first-order valence-corrected chi connectivity index (χ1v) is 17.3. The first kappa shape index (κ1) is 32.7. The van der Waals surface area contributed by atoms with Crippen LogP contribution >= 0.6 is 0 Å². The molecule has 0 spiro atoms. The zero-order chi connectivity index (χ0) is 33.3. The molecule has 1 unspecified atom stereocenters. The van der Waals surface area contributed by atoms with Crippen molar-refractivity contribution >= 4 is 34.4 Å². The first-order chi connectivity index (χ1) is 22.5. The monoisotopic (exact) mass is 634 g/mol. The van der Waals surface area contributed by atoms with Crippen molar-refractivity contribution in [3.05, 3.63) is 82.7 Å². The lowest BCUT2D eigenvalue weighted by molar-refractivity contribution is -0.123. The van der Waals surface area contributed by atoms with E-state index in [4.69, 9.17) is 9.97 Å². The van der Waals surface area contributed by atoms with Gasteiger partial charge in [0.25, 0.3) is 0 Å². The van der Waals surface area contributed by atoms with Crippen LogP contribution in [0.1, 0.15) is 104 Å². The number of carbonyl (C=O) groups excluding carboxylic acids is 2. The Bertz CT molecular complexity index is 1740. The number of amides is 1. The smallest absolute Gasteiger partial charge is 0.228 e. The first-order valence-electron chi connectivity index (χ1n) is 17.3. The molecular weight excluding hydrogens is 584 g/mol. The van der Waals surface area contributed by atoms with E-state index in [1.807, 2.05) is 49.6 Å². The van der Waals surface area contributed by atoms with Gasteiger partial charge >= 0.3 is 0 Å². The van der Waals surface area contributed by atoms with Crippen LogP contribution in [0.3, 0.4) is 0 Å². The average Bonchev–Trinajstić information content (AvgIpc) is 3.39. The van der Waals surface area contributed by atoms with Crippen LogP contribution < -0.4 is 15.5 Å². The summed E-state index contributed by atoms with van der Waals surface area (Å²) in [6.45, 7) is 6.49. The van der Waals surface area contributed by atoms with Crippen LogP contribution in [0, 0.1) is 0 Å². The van der Waals surface area contributed by atoms with Crippen LogP contribution in [0.15, 0.2) is 54.7 Å². The Kier molecular flexibility index (Phi) is 9.40. The number of benzene rings is 2. The maximum absolute atomic E-state index is 14.1. The highest BCUT2D eigenvalue weighted by atomic mass is 16.2. The van der Waals surface area contributed by atoms with Gasteiger partial charge in [0.2, 0.25) is 11.9 Å². The minimum absolute atomic E-state index is 0.00417. The third kappa shape index (κ3) is 7.21. The summed E-state index contributed by atoms with van der Waals surface area (Å²) in [5.74, 6) is 1.06. The minimum atomic E-state index is -0.583. The SMILES string of the molecule is CN(C)c1nc(N[C@H]2CC[C@@H](NC(=O)C(CC(=O)c3ccc(C(C)(C)C)cc3)c3cn(C)c4ccccc34)CC2)nc2c1CCCC2. The molecule has 248 valence electrons. The number of nitrogens with zero attached hydrogens (tertiary/aromatic N) is 4. The van der Waals surface area contributed by atoms with E-state index in [2.05, 4.69) is 67.1 Å². The normalized spacial score (nSPS) is 18.8. The molecule has 1 atom stereocenters. The molecule has 6 rings (SSSR count). The fourth-order valence-electron chi connectivity index (χ4n) is 7.33. The number of nitrogens with one attached hydrogen (secondary N) is 2. The highest BCUT2D eigenvalue weighted by Crippen LogP contribution is 2.33. The van der Waals surface area contributed by atoms with E-state index in [0.29, 0.717) is 11.5 Å². The molecule has 2 aromatic heterocycles. The topological polar surface area (TPSA) is 92.2 Å². The van der Waals surface area contributed by atoms with Crippen molar-refractivity contribution in [3.8, 4) is 0 Å². The van der Waals surface area contributed by atoms with Gasteiger partial charge in [-0.15, -0.1) is 0 Å². The van der Waals surface area contributed by atoms with E-state index in [1.54, 1.807) is 0 Å². The molecule has 1 amide bonds. The molecule has 2 aromatic carbocycles. The Morgan fingerprint density at radius 1 is 0.936 bits per heavy atom. The number of ketones is 1. The Morgan fingerprint density at radius 3 is 2.32 bits per heavy atom. The van der Waals surface area contributed by atoms with Crippen LogP contribution in [0.5, 0.6) is 0 Å². The van der Waals surface area contributed by atoms with Gasteiger partial charge in [-0.25, -0.2) is 4.98 Å².